The standard InChI is InChI=1S/C22H19Cl2N3O2S/c23-16-5-1-3-14-4-2-6-19(22(14)16)30-13-21(29)26-15-7-8-18(17(24)11-15)27-10-9-25-20(28)12-27/h1-8,11H,9-10,12-13H2,(H,25,28)(H,26,29). The fourth-order valence-electron chi connectivity index (χ4n) is 3.41. The van der Waals surface area contributed by atoms with Crippen LogP contribution in [0.1, 0.15) is 0 Å². The van der Waals surface area contributed by atoms with E-state index < -0.39 is 0 Å². The highest BCUT2D eigenvalue weighted by Gasteiger charge is 2.19. The van der Waals surface area contributed by atoms with Gasteiger partial charge in [-0.25, -0.2) is 0 Å². The third-order valence-electron chi connectivity index (χ3n) is 4.78. The van der Waals surface area contributed by atoms with Gasteiger partial charge in [0.25, 0.3) is 0 Å². The average Bonchev–Trinajstić information content (AvgIpc) is 2.72. The number of carbonyl (C=O) groups is 2. The van der Waals surface area contributed by atoms with E-state index in [1.165, 1.54) is 11.8 Å². The summed E-state index contributed by atoms with van der Waals surface area (Å²) in [5.41, 5.74) is 1.40. The molecule has 2 N–H and O–H groups in total. The van der Waals surface area contributed by atoms with Crippen molar-refractivity contribution in [2.75, 3.05) is 35.6 Å². The van der Waals surface area contributed by atoms with Gasteiger partial charge in [-0.3, -0.25) is 9.59 Å². The van der Waals surface area contributed by atoms with E-state index in [9.17, 15) is 9.59 Å². The molecule has 3 aromatic carbocycles. The number of hydrogen-bond acceptors (Lipinski definition) is 4. The molecule has 1 aliphatic rings. The molecule has 0 saturated carbocycles. The molecule has 0 bridgehead atoms. The molecule has 1 fully saturated rings. The zero-order valence-corrected chi connectivity index (χ0v) is 18.3. The molecule has 154 valence electrons. The van der Waals surface area contributed by atoms with Crippen LogP contribution in [0, 0.1) is 0 Å². The summed E-state index contributed by atoms with van der Waals surface area (Å²) in [6.45, 7) is 1.56. The van der Waals surface area contributed by atoms with Crippen molar-refractivity contribution in [3.8, 4) is 0 Å². The van der Waals surface area contributed by atoms with E-state index >= 15 is 0 Å². The van der Waals surface area contributed by atoms with Crippen LogP contribution in [-0.4, -0.2) is 37.2 Å². The number of anilines is 2. The van der Waals surface area contributed by atoms with Crippen LogP contribution in [0.15, 0.2) is 59.5 Å². The molecule has 8 heteroatoms. The quantitative estimate of drug-likeness (QED) is 0.537. The maximum atomic E-state index is 12.5. The lowest BCUT2D eigenvalue weighted by Gasteiger charge is -2.29. The van der Waals surface area contributed by atoms with Crippen molar-refractivity contribution in [1.29, 1.82) is 0 Å². The topological polar surface area (TPSA) is 61.4 Å². The van der Waals surface area contributed by atoms with Gasteiger partial charge >= 0.3 is 0 Å². The minimum absolute atomic E-state index is 0.0275. The Kier molecular flexibility index (Phi) is 6.37. The molecule has 0 radical (unpaired) electrons. The molecule has 5 nitrogen and oxygen atoms in total. The first-order valence-electron chi connectivity index (χ1n) is 9.42. The van der Waals surface area contributed by atoms with Crippen molar-refractivity contribution in [1.82, 2.24) is 5.32 Å². The van der Waals surface area contributed by atoms with Gasteiger partial charge in [0.1, 0.15) is 0 Å². The third-order valence-corrected chi connectivity index (χ3v) is 6.46. The van der Waals surface area contributed by atoms with Gasteiger partial charge in [-0.2, -0.15) is 0 Å². The fourth-order valence-corrected chi connectivity index (χ4v) is 4.95. The van der Waals surface area contributed by atoms with Gasteiger partial charge in [0.15, 0.2) is 0 Å². The van der Waals surface area contributed by atoms with Crippen molar-refractivity contribution in [2.45, 2.75) is 4.90 Å². The number of nitrogens with zero attached hydrogens (tertiary/aromatic N) is 1. The highest BCUT2D eigenvalue weighted by Crippen LogP contribution is 2.33. The summed E-state index contributed by atoms with van der Waals surface area (Å²) in [6, 6.07) is 17.0. The average molecular weight is 460 g/mol. The molecule has 0 aromatic heterocycles. The number of benzene rings is 3. The van der Waals surface area contributed by atoms with E-state index in [0.717, 1.165) is 21.4 Å². The molecule has 0 atom stereocenters. The van der Waals surface area contributed by atoms with Gasteiger partial charge in [0.2, 0.25) is 11.8 Å². The first kappa shape index (κ1) is 20.8. The highest BCUT2D eigenvalue weighted by atomic mass is 35.5. The molecule has 1 heterocycles. The van der Waals surface area contributed by atoms with Crippen LogP contribution >= 0.6 is 35.0 Å². The molecule has 4 rings (SSSR count). The van der Waals surface area contributed by atoms with Crippen molar-refractivity contribution in [3.63, 3.8) is 0 Å². The van der Waals surface area contributed by atoms with E-state index in [1.54, 1.807) is 12.1 Å². The third kappa shape index (κ3) is 4.67. The lowest BCUT2D eigenvalue weighted by Crippen LogP contribution is -2.47. The fraction of sp³-hybridized carbons (Fsp3) is 0.182. The van der Waals surface area contributed by atoms with Gasteiger partial charge < -0.3 is 15.5 Å². The summed E-state index contributed by atoms with van der Waals surface area (Å²) < 4.78 is 0. The molecule has 3 aromatic rings. The van der Waals surface area contributed by atoms with E-state index in [4.69, 9.17) is 23.2 Å². The number of halogens is 2. The predicted octanol–water partition coefficient (Wildman–Crippen LogP) is 4.81. The van der Waals surface area contributed by atoms with Crippen LogP contribution in [0.25, 0.3) is 10.8 Å². The lowest BCUT2D eigenvalue weighted by molar-refractivity contribution is -0.120. The second-order valence-electron chi connectivity index (χ2n) is 6.87. The number of carbonyl (C=O) groups excluding carboxylic acids is 2. The minimum atomic E-state index is -0.134. The number of thioether (sulfide) groups is 1. The largest absolute Gasteiger partial charge is 0.359 e. The molecule has 0 unspecified atom stereocenters. The molecule has 0 spiro atoms. The summed E-state index contributed by atoms with van der Waals surface area (Å²) in [5, 5.41) is 8.84. The number of piperazine rings is 1. The Balaban J connectivity index is 1.41. The first-order chi connectivity index (χ1) is 14.5. The molecule has 2 amide bonds. The van der Waals surface area contributed by atoms with Gasteiger partial charge in [-0.1, -0.05) is 47.5 Å². The number of hydrogen-bond donors (Lipinski definition) is 2. The van der Waals surface area contributed by atoms with Gasteiger partial charge in [-0.05, 0) is 35.7 Å². The molecular formula is C22H19Cl2N3O2S. The van der Waals surface area contributed by atoms with E-state index in [0.29, 0.717) is 28.8 Å². The normalized spacial score (nSPS) is 13.9. The molecule has 30 heavy (non-hydrogen) atoms. The smallest absolute Gasteiger partial charge is 0.239 e. The Morgan fingerprint density at radius 3 is 2.67 bits per heavy atom. The Bertz CT molecular complexity index is 1120. The SMILES string of the molecule is O=C1CN(c2ccc(NC(=O)CSc3cccc4cccc(Cl)c34)cc2Cl)CCN1. The summed E-state index contributed by atoms with van der Waals surface area (Å²) >= 11 is 14.2. The molecule has 0 aliphatic carbocycles. The van der Waals surface area contributed by atoms with Gasteiger partial charge in [0, 0.05) is 34.1 Å². The number of nitrogens with one attached hydrogen (secondary N) is 2. The Morgan fingerprint density at radius 2 is 1.90 bits per heavy atom. The van der Waals surface area contributed by atoms with Crippen LogP contribution in [0.2, 0.25) is 10.0 Å². The summed E-state index contributed by atoms with van der Waals surface area (Å²) in [5.74, 6) is 0.0844. The van der Waals surface area contributed by atoms with Crippen molar-refractivity contribution in [2.24, 2.45) is 0 Å². The number of rotatable bonds is 5. The van der Waals surface area contributed by atoms with Gasteiger partial charge in [-0.15, -0.1) is 11.8 Å². The van der Waals surface area contributed by atoms with Crippen LogP contribution in [0.4, 0.5) is 11.4 Å². The van der Waals surface area contributed by atoms with E-state index in [2.05, 4.69) is 10.6 Å². The van der Waals surface area contributed by atoms with Crippen LogP contribution in [0.5, 0.6) is 0 Å². The Hall–Kier alpha value is -2.41. The number of fused-ring (bicyclic) bond motifs is 1. The van der Waals surface area contributed by atoms with Gasteiger partial charge in [0.05, 0.1) is 23.0 Å². The monoisotopic (exact) mass is 459 g/mol. The second-order valence-corrected chi connectivity index (χ2v) is 8.70. The Labute approximate surface area is 188 Å². The first-order valence-corrected chi connectivity index (χ1v) is 11.2. The Morgan fingerprint density at radius 1 is 1.10 bits per heavy atom. The maximum Gasteiger partial charge on any atom is 0.239 e. The van der Waals surface area contributed by atoms with E-state index in [1.807, 2.05) is 47.4 Å². The summed E-state index contributed by atoms with van der Waals surface area (Å²) in [4.78, 5) is 27.0. The zero-order chi connectivity index (χ0) is 21.1. The maximum absolute atomic E-state index is 12.5. The molecule has 1 saturated heterocycles. The van der Waals surface area contributed by atoms with Crippen LogP contribution in [-0.2, 0) is 9.59 Å². The zero-order valence-electron chi connectivity index (χ0n) is 16.0. The molecular weight excluding hydrogens is 441 g/mol. The lowest BCUT2D eigenvalue weighted by atomic mass is 10.1. The highest BCUT2D eigenvalue weighted by molar-refractivity contribution is 8.00. The van der Waals surface area contributed by atoms with Crippen LogP contribution < -0.4 is 15.5 Å². The summed E-state index contributed by atoms with van der Waals surface area (Å²) in [6.07, 6.45) is 0. The van der Waals surface area contributed by atoms with Crippen LogP contribution in [0.3, 0.4) is 0 Å². The predicted molar refractivity (Wildman–Crippen MR) is 125 cm³/mol. The van der Waals surface area contributed by atoms with Crippen molar-refractivity contribution < 1.29 is 9.59 Å². The second kappa shape index (κ2) is 9.16. The number of amides is 2. The summed E-state index contributed by atoms with van der Waals surface area (Å²) in [7, 11) is 0. The van der Waals surface area contributed by atoms with Crippen molar-refractivity contribution >= 4 is 68.9 Å². The molecule has 1 aliphatic heterocycles. The minimum Gasteiger partial charge on any atom is -0.359 e. The van der Waals surface area contributed by atoms with Crippen molar-refractivity contribution in [3.05, 3.63) is 64.6 Å². The van der Waals surface area contributed by atoms with E-state index in [-0.39, 0.29) is 24.1 Å².